The zero-order valence-electron chi connectivity index (χ0n) is 24.2. The molecule has 0 unspecified atom stereocenters. The van der Waals surface area contributed by atoms with E-state index in [-0.39, 0.29) is 0 Å². The summed E-state index contributed by atoms with van der Waals surface area (Å²) < 4.78 is 6.24. The van der Waals surface area contributed by atoms with E-state index in [0.29, 0.717) is 5.82 Å². The highest BCUT2D eigenvalue weighted by atomic mass is 16.3. The number of para-hydroxylation sites is 2. The van der Waals surface area contributed by atoms with Crippen LogP contribution in [0.25, 0.3) is 98.6 Å². The maximum absolute atomic E-state index is 6.24. The van der Waals surface area contributed by atoms with Crippen molar-refractivity contribution in [2.45, 2.75) is 0 Å². The third kappa shape index (κ3) is 3.58. The summed E-state index contributed by atoms with van der Waals surface area (Å²) in [6.07, 6.45) is 0. The topological polar surface area (TPSA) is 38.9 Å². The van der Waals surface area contributed by atoms with E-state index in [1.165, 1.54) is 43.1 Å². The molecule has 10 rings (SSSR count). The summed E-state index contributed by atoms with van der Waals surface area (Å²) in [7, 11) is 0. The second kappa shape index (κ2) is 9.22. The van der Waals surface area contributed by atoms with E-state index >= 15 is 0 Å². The number of aromatic nitrogens is 2. The van der Waals surface area contributed by atoms with Crippen molar-refractivity contribution in [3.05, 3.63) is 146 Å². The van der Waals surface area contributed by atoms with E-state index in [1.807, 2.05) is 30.3 Å². The number of hydrogen-bond acceptors (Lipinski definition) is 3. The third-order valence-corrected chi connectivity index (χ3v) is 9.24. The van der Waals surface area contributed by atoms with Crippen molar-refractivity contribution >= 4 is 75.9 Å². The van der Waals surface area contributed by atoms with E-state index < -0.39 is 0 Å². The molecule has 2 aromatic heterocycles. The van der Waals surface area contributed by atoms with E-state index in [9.17, 15) is 0 Å². The van der Waals surface area contributed by atoms with Crippen LogP contribution in [0.5, 0.6) is 0 Å². The number of furan rings is 1. The molecule has 0 amide bonds. The molecule has 208 valence electrons. The van der Waals surface area contributed by atoms with Crippen LogP contribution in [0, 0.1) is 0 Å². The average Bonchev–Trinajstić information content (AvgIpc) is 3.49. The van der Waals surface area contributed by atoms with Crippen molar-refractivity contribution < 1.29 is 4.42 Å². The van der Waals surface area contributed by atoms with Gasteiger partial charge in [0.25, 0.3) is 0 Å². The summed E-state index contributed by atoms with van der Waals surface area (Å²) in [5.74, 6) is 0.708. The van der Waals surface area contributed by atoms with Gasteiger partial charge in [0.1, 0.15) is 11.2 Å². The molecule has 0 atom stereocenters. The highest BCUT2D eigenvalue weighted by Crippen LogP contribution is 2.40. The first-order valence-electron chi connectivity index (χ1n) is 15.2. The average molecular weight is 573 g/mol. The number of hydrogen-bond donors (Lipinski definition) is 0. The smallest absolute Gasteiger partial charge is 0.160 e. The third-order valence-electron chi connectivity index (χ3n) is 9.24. The lowest BCUT2D eigenvalue weighted by Crippen LogP contribution is -1.95. The van der Waals surface area contributed by atoms with Gasteiger partial charge in [-0.2, -0.15) is 0 Å². The molecule has 0 radical (unpaired) electrons. The van der Waals surface area contributed by atoms with Crippen LogP contribution in [0.1, 0.15) is 0 Å². The number of rotatable bonds is 2. The Morgan fingerprint density at radius 1 is 0.400 bits per heavy atom. The Morgan fingerprint density at radius 2 is 1.11 bits per heavy atom. The zero-order chi connectivity index (χ0) is 29.5. The van der Waals surface area contributed by atoms with Crippen molar-refractivity contribution in [2.75, 3.05) is 0 Å². The van der Waals surface area contributed by atoms with Gasteiger partial charge in [0.2, 0.25) is 0 Å². The SMILES string of the molecule is c1ccc2c(c1)ccc1c2ccc2ccc3cc(-c4nc(-c5cccc6oc7ccccc7c56)c5ccccc5n4)ccc3c21. The predicted octanol–water partition coefficient (Wildman–Crippen LogP) is 11.5. The molecule has 0 saturated heterocycles. The van der Waals surface area contributed by atoms with Crippen LogP contribution in [-0.4, -0.2) is 9.97 Å². The van der Waals surface area contributed by atoms with E-state index in [4.69, 9.17) is 14.4 Å². The highest BCUT2D eigenvalue weighted by Gasteiger charge is 2.18. The Hall–Kier alpha value is -6.06. The van der Waals surface area contributed by atoms with Crippen molar-refractivity contribution in [3.63, 3.8) is 0 Å². The molecule has 0 N–H and O–H groups in total. The van der Waals surface area contributed by atoms with Gasteiger partial charge >= 0.3 is 0 Å². The van der Waals surface area contributed by atoms with Crippen molar-refractivity contribution in [3.8, 4) is 22.6 Å². The van der Waals surface area contributed by atoms with Crippen LogP contribution in [0.2, 0.25) is 0 Å². The van der Waals surface area contributed by atoms with E-state index in [1.54, 1.807) is 0 Å². The van der Waals surface area contributed by atoms with Crippen molar-refractivity contribution in [2.24, 2.45) is 0 Å². The molecule has 3 heteroatoms. The fourth-order valence-electron chi connectivity index (χ4n) is 7.17. The van der Waals surface area contributed by atoms with Crippen LogP contribution in [0.15, 0.2) is 150 Å². The Labute approximate surface area is 258 Å². The van der Waals surface area contributed by atoms with Crippen molar-refractivity contribution in [1.82, 2.24) is 9.97 Å². The van der Waals surface area contributed by atoms with Crippen LogP contribution >= 0.6 is 0 Å². The Bertz CT molecular complexity index is 2830. The van der Waals surface area contributed by atoms with Crippen LogP contribution in [-0.2, 0) is 0 Å². The molecule has 2 heterocycles. The molecular weight excluding hydrogens is 548 g/mol. The molecule has 45 heavy (non-hydrogen) atoms. The van der Waals surface area contributed by atoms with Gasteiger partial charge in [-0.15, -0.1) is 0 Å². The first kappa shape index (κ1) is 24.4. The fraction of sp³-hybridized carbons (Fsp3) is 0. The van der Waals surface area contributed by atoms with Gasteiger partial charge in [0.15, 0.2) is 5.82 Å². The molecule has 0 bridgehead atoms. The lowest BCUT2D eigenvalue weighted by Gasteiger charge is -2.13. The second-order valence-electron chi connectivity index (χ2n) is 11.7. The normalized spacial score (nSPS) is 12.0. The molecule has 0 aliphatic carbocycles. The highest BCUT2D eigenvalue weighted by molar-refractivity contribution is 6.25. The van der Waals surface area contributed by atoms with Crippen LogP contribution in [0.3, 0.4) is 0 Å². The standard InChI is InChI=1S/C42H24N2O/c1-2-9-29-25(8-1)18-23-32-31(29)22-19-26-16-17-27-24-28(20-21-30(27)39(26)32)42-43-36-13-5-3-10-33(36)41(44-42)35-12-7-15-38-40(35)34-11-4-6-14-37(34)45-38/h1-24H. The summed E-state index contributed by atoms with van der Waals surface area (Å²) >= 11 is 0. The summed E-state index contributed by atoms with van der Waals surface area (Å²) in [6, 6.07) is 51.4. The molecule has 3 nitrogen and oxygen atoms in total. The minimum atomic E-state index is 0.708. The molecule has 0 aliphatic rings. The van der Waals surface area contributed by atoms with Gasteiger partial charge in [0, 0.05) is 27.3 Å². The fourth-order valence-corrected chi connectivity index (χ4v) is 7.17. The minimum absolute atomic E-state index is 0.708. The molecule has 0 saturated carbocycles. The summed E-state index contributed by atoms with van der Waals surface area (Å²) in [4.78, 5) is 10.4. The minimum Gasteiger partial charge on any atom is -0.456 e. The Kier molecular flexibility index (Phi) is 5.00. The van der Waals surface area contributed by atoms with Crippen LogP contribution in [0.4, 0.5) is 0 Å². The van der Waals surface area contributed by atoms with Crippen LogP contribution < -0.4 is 0 Å². The lowest BCUT2D eigenvalue weighted by molar-refractivity contribution is 0.669. The van der Waals surface area contributed by atoms with Gasteiger partial charge in [0.05, 0.1) is 11.2 Å². The molecule has 0 fully saturated rings. The molecule has 10 aromatic rings. The van der Waals surface area contributed by atoms with E-state index in [2.05, 4.69) is 115 Å². The first-order chi connectivity index (χ1) is 22.3. The maximum Gasteiger partial charge on any atom is 0.160 e. The summed E-state index contributed by atoms with van der Waals surface area (Å²) in [5.41, 5.74) is 5.59. The zero-order valence-corrected chi connectivity index (χ0v) is 24.2. The number of benzene rings is 8. The second-order valence-corrected chi connectivity index (χ2v) is 11.7. The van der Waals surface area contributed by atoms with Gasteiger partial charge < -0.3 is 4.42 Å². The molecule has 8 aromatic carbocycles. The monoisotopic (exact) mass is 572 g/mol. The number of nitrogens with zero attached hydrogens (tertiary/aromatic N) is 2. The van der Waals surface area contributed by atoms with Gasteiger partial charge in [-0.1, -0.05) is 121 Å². The van der Waals surface area contributed by atoms with Gasteiger partial charge in [-0.25, -0.2) is 9.97 Å². The summed E-state index contributed by atoms with van der Waals surface area (Å²) in [6.45, 7) is 0. The van der Waals surface area contributed by atoms with Gasteiger partial charge in [-0.3, -0.25) is 0 Å². The number of fused-ring (bicyclic) bond motifs is 11. The maximum atomic E-state index is 6.24. The van der Waals surface area contributed by atoms with Gasteiger partial charge in [-0.05, 0) is 67.4 Å². The quantitative estimate of drug-likeness (QED) is 0.193. The molecule has 0 spiro atoms. The van der Waals surface area contributed by atoms with Crippen molar-refractivity contribution in [1.29, 1.82) is 0 Å². The first-order valence-corrected chi connectivity index (χ1v) is 15.2. The Balaban J connectivity index is 1.22. The lowest BCUT2D eigenvalue weighted by atomic mass is 9.93. The van der Waals surface area contributed by atoms with E-state index in [0.717, 1.165) is 49.7 Å². The predicted molar refractivity (Wildman–Crippen MR) is 188 cm³/mol. The molecular formula is C42H24N2O. The Morgan fingerprint density at radius 3 is 2.07 bits per heavy atom. The largest absolute Gasteiger partial charge is 0.456 e. The molecule has 0 aliphatic heterocycles. The summed E-state index contributed by atoms with van der Waals surface area (Å²) in [5, 5.41) is 13.2.